The summed E-state index contributed by atoms with van der Waals surface area (Å²) in [5, 5.41) is 11.3. The standard InChI is InChI=1S/C24H26N6O3/c1-2-26-24(33)30-22-14-20(28-17-6-4-3-5-7-17)19(15-27-22)23(32)29-18-11-8-16(9-12-18)10-13-21(25)31/h3-9,11-12,14-15H,2,10,13H2,1H3,(H2,25,31)(H,29,32)(H3,26,27,28,30,33). The molecule has 0 aliphatic rings. The minimum absolute atomic E-state index is 0.266. The Morgan fingerprint density at radius 2 is 1.67 bits per heavy atom. The second kappa shape index (κ2) is 11.3. The fraction of sp³-hybridized carbons (Fsp3) is 0.167. The highest BCUT2D eigenvalue weighted by Crippen LogP contribution is 2.24. The monoisotopic (exact) mass is 446 g/mol. The molecule has 0 fully saturated rings. The number of primary amides is 1. The quantitative estimate of drug-likeness (QED) is 0.342. The van der Waals surface area contributed by atoms with Crippen molar-refractivity contribution in [1.29, 1.82) is 0 Å². The summed E-state index contributed by atoms with van der Waals surface area (Å²) in [4.78, 5) is 40.0. The van der Waals surface area contributed by atoms with Gasteiger partial charge in [0, 0.05) is 36.6 Å². The number of urea groups is 1. The van der Waals surface area contributed by atoms with Crippen molar-refractivity contribution in [3.8, 4) is 0 Å². The molecule has 0 spiro atoms. The second-order valence-corrected chi connectivity index (χ2v) is 7.21. The van der Waals surface area contributed by atoms with Crippen molar-refractivity contribution in [1.82, 2.24) is 10.3 Å². The molecule has 1 aromatic heterocycles. The molecule has 3 aromatic rings. The van der Waals surface area contributed by atoms with Gasteiger partial charge in [-0.15, -0.1) is 0 Å². The first-order valence-electron chi connectivity index (χ1n) is 10.5. The number of para-hydroxylation sites is 1. The smallest absolute Gasteiger partial charge is 0.320 e. The Bertz CT molecular complexity index is 1120. The van der Waals surface area contributed by atoms with Gasteiger partial charge in [0.2, 0.25) is 5.91 Å². The molecule has 33 heavy (non-hydrogen) atoms. The first-order chi connectivity index (χ1) is 15.9. The zero-order chi connectivity index (χ0) is 23.6. The van der Waals surface area contributed by atoms with Gasteiger partial charge < -0.3 is 21.7 Å². The van der Waals surface area contributed by atoms with Crippen molar-refractivity contribution in [2.24, 2.45) is 5.73 Å². The normalized spacial score (nSPS) is 10.2. The van der Waals surface area contributed by atoms with Crippen LogP contribution >= 0.6 is 0 Å². The average molecular weight is 447 g/mol. The molecule has 170 valence electrons. The molecule has 2 aromatic carbocycles. The van der Waals surface area contributed by atoms with Crippen LogP contribution in [-0.2, 0) is 11.2 Å². The molecule has 0 saturated heterocycles. The van der Waals surface area contributed by atoms with Crippen molar-refractivity contribution >= 4 is 40.7 Å². The van der Waals surface area contributed by atoms with Crippen LogP contribution < -0.4 is 27.0 Å². The predicted octanol–water partition coefficient (Wildman–Crippen LogP) is 3.64. The molecular formula is C24H26N6O3. The van der Waals surface area contributed by atoms with Gasteiger partial charge in [-0.25, -0.2) is 9.78 Å². The molecule has 0 aliphatic heterocycles. The van der Waals surface area contributed by atoms with E-state index in [2.05, 4.69) is 26.3 Å². The summed E-state index contributed by atoms with van der Waals surface area (Å²) in [6, 6.07) is 17.8. The van der Waals surface area contributed by atoms with Crippen molar-refractivity contribution < 1.29 is 14.4 Å². The molecule has 0 atom stereocenters. The SMILES string of the molecule is CCNC(=O)Nc1cc(Nc2ccccc2)c(C(=O)Nc2ccc(CCC(N)=O)cc2)cn1. The second-order valence-electron chi connectivity index (χ2n) is 7.21. The number of aromatic nitrogens is 1. The van der Waals surface area contributed by atoms with E-state index in [1.54, 1.807) is 18.2 Å². The number of amides is 4. The van der Waals surface area contributed by atoms with E-state index in [1.807, 2.05) is 49.4 Å². The van der Waals surface area contributed by atoms with Crippen LogP contribution in [0.5, 0.6) is 0 Å². The van der Waals surface area contributed by atoms with Gasteiger partial charge in [-0.2, -0.15) is 0 Å². The molecule has 6 N–H and O–H groups in total. The Morgan fingerprint density at radius 3 is 2.33 bits per heavy atom. The Hall–Kier alpha value is -4.40. The minimum Gasteiger partial charge on any atom is -0.370 e. The number of pyridine rings is 1. The molecule has 1 heterocycles. The van der Waals surface area contributed by atoms with Gasteiger partial charge in [-0.05, 0) is 43.2 Å². The summed E-state index contributed by atoms with van der Waals surface area (Å²) in [6.45, 7) is 2.29. The summed E-state index contributed by atoms with van der Waals surface area (Å²) in [6.07, 6.45) is 2.21. The van der Waals surface area contributed by atoms with Gasteiger partial charge in [-0.1, -0.05) is 30.3 Å². The highest BCUT2D eigenvalue weighted by molar-refractivity contribution is 6.08. The first kappa shape index (κ1) is 23.3. The maximum atomic E-state index is 13.0. The number of nitrogens with one attached hydrogen (secondary N) is 4. The molecule has 3 rings (SSSR count). The van der Waals surface area contributed by atoms with E-state index < -0.39 is 0 Å². The highest BCUT2D eigenvalue weighted by Gasteiger charge is 2.15. The van der Waals surface area contributed by atoms with Crippen molar-refractivity contribution in [2.75, 3.05) is 22.5 Å². The Balaban J connectivity index is 1.80. The third-order valence-electron chi connectivity index (χ3n) is 4.65. The van der Waals surface area contributed by atoms with E-state index in [1.165, 1.54) is 6.20 Å². The number of nitrogens with zero attached hydrogens (tertiary/aromatic N) is 1. The van der Waals surface area contributed by atoms with E-state index >= 15 is 0 Å². The topological polar surface area (TPSA) is 138 Å². The number of anilines is 4. The van der Waals surface area contributed by atoms with Crippen molar-refractivity contribution in [3.63, 3.8) is 0 Å². The van der Waals surface area contributed by atoms with Gasteiger partial charge in [0.1, 0.15) is 5.82 Å². The molecule has 0 saturated carbocycles. The number of carbonyl (C=O) groups excluding carboxylic acids is 3. The van der Waals surface area contributed by atoms with Crippen LogP contribution in [0.2, 0.25) is 0 Å². The molecule has 0 unspecified atom stereocenters. The van der Waals surface area contributed by atoms with E-state index in [9.17, 15) is 14.4 Å². The number of hydrogen-bond acceptors (Lipinski definition) is 5. The molecule has 4 amide bonds. The summed E-state index contributed by atoms with van der Waals surface area (Å²) in [7, 11) is 0. The van der Waals surface area contributed by atoms with Crippen LogP contribution in [0.1, 0.15) is 29.3 Å². The maximum Gasteiger partial charge on any atom is 0.320 e. The van der Waals surface area contributed by atoms with Gasteiger partial charge in [-0.3, -0.25) is 14.9 Å². The van der Waals surface area contributed by atoms with Gasteiger partial charge in [0.25, 0.3) is 5.91 Å². The van der Waals surface area contributed by atoms with Crippen molar-refractivity contribution in [3.05, 3.63) is 78.0 Å². The lowest BCUT2D eigenvalue weighted by Crippen LogP contribution is -2.28. The number of hydrogen-bond donors (Lipinski definition) is 5. The maximum absolute atomic E-state index is 13.0. The van der Waals surface area contributed by atoms with Gasteiger partial charge in [0.15, 0.2) is 0 Å². The Labute approximate surface area is 191 Å². The third-order valence-corrected chi connectivity index (χ3v) is 4.65. The number of benzene rings is 2. The summed E-state index contributed by atoms with van der Waals surface area (Å²) >= 11 is 0. The van der Waals surface area contributed by atoms with Crippen LogP contribution in [0.25, 0.3) is 0 Å². The lowest BCUT2D eigenvalue weighted by Gasteiger charge is -2.14. The summed E-state index contributed by atoms with van der Waals surface area (Å²) in [5.41, 5.74) is 8.29. The van der Waals surface area contributed by atoms with Crippen LogP contribution in [0.15, 0.2) is 66.9 Å². The number of aryl methyl sites for hydroxylation is 1. The van der Waals surface area contributed by atoms with Crippen LogP contribution in [0.3, 0.4) is 0 Å². The van der Waals surface area contributed by atoms with Gasteiger partial charge >= 0.3 is 6.03 Å². The van der Waals surface area contributed by atoms with E-state index in [0.717, 1.165) is 11.3 Å². The summed E-state index contributed by atoms with van der Waals surface area (Å²) < 4.78 is 0. The number of rotatable bonds is 9. The molecular weight excluding hydrogens is 420 g/mol. The van der Waals surface area contributed by atoms with Gasteiger partial charge in [0.05, 0.1) is 11.3 Å². The molecule has 9 nitrogen and oxygen atoms in total. The molecule has 9 heteroatoms. The van der Waals surface area contributed by atoms with Crippen LogP contribution in [0.4, 0.5) is 27.7 Å². The fourth-order valence-corrected chi connectivity index (χ4v) is 3.03. The molecule has 0 radical (unpaired) electrons. The average Bonchev–Trinajstić information content (AvgIpc) is 2.79. The summed E-state index contributed by atoms with van der Waals surface area (Å²) in [5.74, 6) is -0.423. The molecule has 0 bridgehead atoms. The van der Waals surface area contributed by atoms with Crippen molar-refractivity contribution in [2.45, 2.75) is 19.8 Å². The fourth-order valence-electron chi connectivity index (χ4n) is 3.03. The zero-order valence-corrected chi connectivity index (χ0v) is 18.2. The van der Waals surface area contributed by atoms with Crippen LogP contribution in [-0.4, -0.2) is 29.4 Å². The predicted molar refractivity (Wildman–Crippen MR) is 129 cm³/mol. The minimum atomic E-state index is -0.385. The lowest BCUT2D eigenvalue weighted by molar-refractivity contribution is -0.117. The zero-order valence-electron chi connectivity index (χ0n) is 18.2. The highest BCUT2D eigenvalue weighted by atomic mass is 16.2. The van der Waals surface area contributed by atoms with E-state index in [0.29, 0.717) is 35.7 Å². The number of nitrogens with two attached hydrogens (primary N) is 1. The van der Waals surface area contributed by atoms with E-state index in [4.69, 9.17) is 5.73 Å². The van der Waals surface area contributed by atoms with E-state index in [-0.39, 0.29) is 24.3 Å². The Kier molecular flexibility index (Phi) is 7.96. The Morgan fingerprint density at radius 1 is 0.939 bits per heavy atom. The third kappa shape index (κ3) is 7.06. The largest absolute Gasteiger partial charge is 0.370 e. The van der Waals surface area contributed by atoms with Crippen LogP contribution in [0, 0.1) is 0 Å². The molecule has 0 aliphatic carbocycles. The number of carbonyl (C=O) groups is 3. The first-order valence-corrected chi connectivity index (χ1v) is 10.5. The lowest BCUT2D eigenvalue weighted by atomic mass is 10.1.